The van der Waals surface area contributed by atoms with Crippen molar-refractivity contribution in [1.29, 1.82) is 0 Å². The van der Waals surface area contributed by atoms with E-state index in [1.54, 1.807) is 0 Å². The number of hydrogen-bond acceptors (Lipinski definition) is 6. The molecule has 1 rings (SSSR count). The van der Waals surface area contributed by atoms with Gasteiger partial charge >= 0.3 is 0 Å². The molecule has 0 aromatic heterocycles. The number of quaternary nitrogens is 1. The maximum atomic E-state index is 9.45. The number of aliphatic hydroxyl groups is 1. The largest absolute Gasteiger partial charge is 0.726 e. The first-order chi connectivity index (χ1) is 16.3. The first kappa shape index (κ1) is 33.1. The summed E-state index contributed by atoms with van der Waals surface area (Å²) in [6.45, 7) is 7.85. The fourth-order valence-corrected chi connectivity index (χ4v) is 4.56. The Bertz CT molecular complexity index is 625. The standard InChI is InChI=1S/C24H47N2O.C2H6O4S/c1-3-5-6-7-8-9-10-11-12-13-14-15-16-17-18-19-24-25-20-21-26(24,4-2)22-23-27;1-2-6-7(3,4)5/h18-21,24-25,27H,3-17,22-23H2,1-2H3;2H2,1H3,(H,3,4,5)/q+1;/p-1. The third-order valence-corrected chi connectivity index (χ3v) is 6.88. The lowest BCUT2D eigenvalue weighted by atomic mass is 10.0. The van der Waals surface area contributed by atoms with Crippen LogP contribution < -0.4 is 5.32 Å². The second-order valence-corrected chi connectivity index (χ2v) is 10.1. The minimum absolute atomic E-state index is 0.0914. The number of aliphatic hydroxyl groups excluding tert-OH is 1. The second-order valence-electron chi connectivity index (χ2n) is 9.07. The molecule has 2 N–H and O–H groups in total. The summed E-state index contributed by atoms with van der Waals surface area (Å²) in [4.78, 5) is 0. The van der Waals surface area contributed by atoms with Gasteiger partial charge in [-0.1, -0.05) is 90.0 Å². The fourth-order valence-electron chi connectivity index (χ4n) is 4.27. The fraction of sp³-hybridized carbons (Fsp3) is 0.846. The van der Waals surface area contributed by atoms with Gasteiger partial charge in [-0.05, 0) is 32.8 Å². The Balaban J connectivity index is 0.00000135. The van der Waals surface area contributed by atoms with Crippen LogP contribution in [-0.2, 0) is 14.6 Å². The Kier molecular flexibility index (Phi) is 20.8. The number of hydrogen-bond donors (Lipinski definition) is 2. The normalized spacial score (nSPS) is 19.9. The number of nitrogens with zero attached hydrogens (tertiary/aromatic N) is 1. The molecule has 0 bridgehead atoms. The van der Waals surface area contributed by atoms with Gasteiger partial charge in [0.05, 0.1) is 26.0 Å². The summed E-state index contributed by atoms with van der Waals surface area (Å²) in [7, 11) is -4.42. The quantitative estimate of drug-likeness (QED) is 0.0721. The van der Waals surface area contributed by atoms with E-state index in [0.717, 1.165) is 17.6 Å². The average molecular weight is 505 g/mol. The predicted molar refractivity (Wildman–Crippen MR) is 140 cm³/mol. The Morgan fingerprint density at radius 2 is 1.47 bits per heavy atom. The topological polar surface area (TPSA) is 98.7 Å². The Morgan fingerprint density at radius 1 is 0.941 bits per heavy atom. The molecule has 0 aromatic rings. The van der Waals surface area contributed by atoms with Gasteiger partial charge in [0.2, 0.25) is 10.4 Å². The first-order valence-corrected chi connectivity index (χ1v) is 14.9. The number of rotatable bonds is 20. The molecular weight excluding hydrogens is 452 g/mol. The summed E-state index contributed by atoms with van der Waals surface area (Å²) in [5.74, 6) is 0. The van der Waals surface area contributed by atoms with Crippen molar-refractivity contribution in [2.45, 2.75) is 117 Å². The van der Waals surface area contributed by atoms with Crippen LogP contribution in [0.5, 0.6) is 0 Å². The van der Waals surface area contributed by atoms with Crippen molar-refractivity contribution in [3.8, 4) is 0 Å². The molecule has 0 spiro atoms. The van der Waals surface area contributed by atoms with E-state index in [0.29, 0.717) is 6.17 Å². The van der Waals surface area contributed by atoms with Gasteiger partial charge in [-0.25, -0.2) is 8.42 Å². The summed E-state index contributed by atoms with van der Waals surface area (Å²) in [5.41, 5.74) is 0. The SMILES string of the molecule is CCCCCCCCCCCCCCCC=CC1NC=C[N+]1(CC)CCO.CCOS(=O)(=O)[O-]. The summed E-state index contributed by atoms with van der Waals surface area (Å²) in [6.07, 6.45) is 28.7. The molecule has 0 amide bonds. The zero-order chi connectivity index (χ0) is 25.5. The van der Waals surface area contributed by atoms with Gasteiger partial charge in [0.25, 0.3) is 0 Å². The summed E-state index contributed by atoms with van der Waals surface area (Å²) >= 11 is 0. The molecule has 8 heteroatoms. The smallest absolute Gasteiger partial charge is 0.217 e. The number of allylic oxidation sites excluding steroid dienone is 1. The van der Waals surface area contributed by atoms with Gasteiger partial charge < -0.3 is 15.0 Å². The third-order valence-electron chi connectivity index (χ3n) is 6.35. The van der Waals surface area contributed by atoms with Crippen LogP contribution in [0.4, 0.5) is 0 Å². The second kappa shape index (κ2) is 21.4. The highest BCUT2D eigenvalue weighted by atomic mass is 32.3. The van der Waals surface area contributed by atoms with E-state index in [1.807, 2.05) is 6.20 Å². The minimum Gasteiger partial charge on any atom is -0.726 e. The molecule has 0 radical (unpaired) electrons. The maximum absolute atomic E-state index is 9.45. The highest BCUT2D eigenvalue weighted by Gasteiger charge is 2.34. The van der Waals surface area contributed by atoms with Crippen molar-refractivity contribution in [3.05, 3.63) is 24.6 Å². The summed E-state index contributed by atoms with van der Waals surface area (Å²) in [6, 6.07) is 0. The van der Waals surface area contributed by atoms with E-state index >= 15 is 0 Å². The molecule has 0 saturated heterocycles. The zero-order valence-corrected chi connectivity index (χ0v) is 22.9. The van der Waals surface area contributed by atoms with Gasteiger partial charge in [-0.3, -0.25) is 8.67 Å². The molecule has 0 saturated carbocycles. The van der Waals surface area contributed by atoms with E-state index in [4.69, 9.17) is 0 Å². The van der Waals surface area contributed by atoms with Crippen LogP contribution in [0.25, 0.3) is 0 Å². The molecule has 1 aliphatic rings. The van der Waals surface area contributed by atoms with E-state index < -0.39 is 10.4 Å². The monoisotopic (exact) mass is 504 g/mol. The molecule has 0 aliphatic carbocycles. The van der Waals surface area contributed by atoms with Crippen LogP contribution in [0, 0.1) is 0 Å². The van der Waals surface area contributed by atoms with Gasteiger partial charge in [0, 0.05) is 0 Å². The Hall–Kier alpha value is -0.930. The Labute approximate surface area is 210 Å². The van der Waals surface area contributed by atoms with Crippen LogP contribution in [0.3, 0.4) is 0 Å². The molecule has 0 fully saturated rings. The average Bonchev–Trinajstić information content (AvgIpc) is 3.19. The molecule has 202 valence electrons. The van der Waals surface area contributed by atoms with Crippen LogP contribution in [0.15, 0.2) is 24.6 Å². The molecule has 1 aliphatic heterocycles. The molecule has 2 unspecified atom stereocenters. The van der Waals surface area contributed by atoms with Crippen LogP contribution >= 0.6 is 0 Å². The lowest BCUT2D eigenvalue weighted by molar-refractivity contribution is -0.892. The first-order valence-electron chi connectivity index (χ1n) is 13.5. The van der Waals surface area contributed by atoms with E-state index in [9.17, 15) is 18.1 Å². The van der Waals surface area contributed by atoms with Gasteiger partial charge in [-0.15, -0.1) is 0 Å². The van der Waals surface area contributed by atoms with Crippen molar-refractivity contribution in [2.24, 2.45) is 0 Å². The zero-order valence-electron chi connectivity index (χ0n) is 22.1. The Morgan fingerprint density at radius 3 is 1.88 bits per heavy atom. The molecule has 2 atom stereocenters. The van der Waals surface area contributed by atoms with E-state index in [-0.39, 0.29) is 13.2 Å². The summed E-state index contributed by atoms with van der Waals surface area (Å²) < 4.78 is 32.8. The molecule has 7 nitrogen and oxygen atoms in total. The van der Waals surface area contributed by atoms with E-state index in [2.05, 4.69) is 41.7 Å². The van der Waals surface area contributed by atoms with Crippen molar-refractivity contribution >= 4 is 10.4 Å². The molecule has 1 heterocycles. The minimum atomic E-state index is -4.42. The van der Waals surface area contributed by atoms with E-state index in [1.165, 1.54) is 96.8 Å². The van der Waals surface area contributed by atoms with Crippen molar-refractivity contribution in [1.82, 2.24) is 5.32 Å². The number of nitrogens with one attached hydrogen (secondary N) is 1. The highest BCUT2D eigenvalue weighted by Crippen LogP contribution is 2.19. The van der Waals surface area contributed by atoms with Crippen LogP contribution in [0.2, 0.25) is 0 Å². The lowest BCUT2D eigenvalue weighted by Crippen LogP contribution is -2.53. The van der Waals surface area contributed by atoms with Crippen molar-refractivity contribution < 1.29 is 26.7 Å². The lowest BCUT2D eigenvalue weighted by Gasteiger charge is -2.34. The molecule has 0 aromatic carbocycles. The predicted octanol–water partition coefficient (Wildman–Crippen LogP) is 5.74. The van der Waals surface area contributed by atoms with Gasteiger partial charge in [0.15, 0.2) is 6.17 Å². The van der Waals surface area contributed by atoms with Gasteiger partial charge in [-0.2, -0.15) is 0 Å². The van der Waals surface area contributed by atoms with Crippen molar-refractivity contribution in [3.63, 3.8) is 0 Å². The maximum Gasteiger partial charge on any atom is 0.217 e. The highest BCUT2D eigenvalue weighted by molar-refractivity contribution is 7.80. The molecular formula is C26H52N2O5S. The number of unbranched alkanes of at least 4 members (excludes halogenated alkanes) is 13. The van der Waals surface area contributed by atoms with Crippen molar-refractivity contribution in [2.75, 3.05) is 26.3 Å². The third kappa shape index (κ3) is 17.5. The van der Waals surface area contributed by atoms with Crippen LogP contribution in [-0.4, -0.2) is 55.0 Å². The van der Waals surface area contributed by atoms with Gasteiger partial charge in [0.1, 0.15) is 12.7 Å². The number of likely N-dealkylation sites (N-methyl/N-ethyl adjacent to an activating group) is 1. The molecule has 34 heavy (non-hydrogen) atoms. The summed E-state index contributed by atoms with van der Waals surface area (Å²) in [5, 5.41) is 12.8. The van der Waals surface area contributed by atoms with Crippen LogP contribution in [0.1, 0.15) is 111 Å².